The van der Waals surface area contributed by atoms with E-state index in [1.165, 1.54) is 17.8 Å². The van der Waals surface area contributed by atoms with E-state index >= 15 is 0 Å². The third-order valence-corrected chi connectivity index (χ3v) is 4.80. The summed E-state index contributed by atoms with van der Waals surface area (Å²) >= 11 is 1.36. The van der Waals surface area contributed by atoms with Crippen LogP contribution in [0.5, 0.6) is 0 Å². The standard InChI is InChI=1S/C12H12F3N3S/c13-4-12(6-3-9(6)19-11(17)18-12)7-1-5(16)2-8(14)10(7)15/h1-2,6,9H,3-4,16H2,(H2,17,18)/t6-,9+,12-/m0/s1. The second kappa shape index (κ2) is 4.06. The topological polar surface area (TPSA) is 64.4 Å². The van der Waals surface area contributed by atoms with Gasteiger partial charge in [0.1, 0.15) is 12.2 Å². The zero-order valence-corrected chi connectivity index (χ0v) is 10.7. The van der Waals surface area contributed by atoms with Crippen molar-refractivity contribution in [2.45, 2.75) is 17.2 Å². The molecule has 0 amide bonds. The van der Waals surface area contributed by atoms with Gasteiger partial charge in [0.15, 0.2) is 16.8 Å². The van der Waals surface area contributed by atoms with Gasteiger partial charge in [-0.05, 0) is 18.6 Å². The number of rotatable bonds is 2. The number of thioether (sulfide) groups is 1. The normalized spacial score (nSPS) is 32.7. The average Bonchev–Trinajstić information content (AvgIpc) is 3.12. The summed E-state index contributed by atoms with van der Waals surface area (Å²) in [5.41, 5.74) is 9.67. The number of hydrogen-bond donors (Lipinski definition) is 2. The van der Waals surface area contributed by atoms with Crippen molar-refractivity contribution in [3.05, 3.63) is 29.3 Å². The fraction of sp³-hybridized carbons (Fsp3) is 0.417. The summed E-state index contributed by atoms with van der Waals surface area (Å²) in [6.07, 6.45) is 0.689. The summed E-state index contributed by atoms with van der Waals surface area (Å²) < 4.78 is 41.1. The Morgan fingerprint density at radius 3 is 2.79 bits per heavy atom. The third kappa shape index (κ3) is 1.79. The van der Waals surface area contributed by atoms with Gasteiger partial charge in [-0.1, -0.05) is 11.8 Å². The van der Waals surface area contributed by atoms with Crippen LogP contribution in [-0.2, 0) is 5.54 Å². The lowest BCUT2D eigenvalue weighted by molar-refractivity contribution is 0.269. The number of nitrogens with zero attached hydrogens (tertiary/aromatic N) is 1. The molecule has 102 valence electrons. The van der Waals surface area contributed by atoms with Crippen molar-refractivity contribution < 1.29 is 13.2 Å². The van der Waals surface area contributed by atoms with Gasteiger partial charge in [0.2, 0.25) is 0 Å². The molecule has 4 N–H and O–H groups in total. The molecule has 7 heteroatoms. The molecule has 1 aromatic carbocycles. The van der Waals surface area contributed by atoms with Gasteiger partial charge in [0, 0.05) is 22.4 Å². The van der Waals surface area contributed by atoms with Crippen molar-refractivity contribution in [2.75, 3.05) is 12.4 Å². The van der Waals surface area contributed by atoms with Crippen molar-refractivity contribution in [3.8, 4) is 0 Å². The summed E-state index contributed by atoms with van der Waals surface area (Å²) in [6, 6.07) is 2.12. The number of hydrogen-bond acceptors (Lipinski definition) is 4. The summed E-state index contributed by atoms with van der Waals surface area (Å²) in [5, 5.41) is 0.329. The molecule has 1 aliphatic heterocycles. The second-order valence-electron chi connectivity index (χ2n) is 4.87. The molecule has 1 aliphatic carbocycles. The van der Waals surface area contributed by atoms with Crippen molar-refractivity contribution in [1.82, 2.24) is 0 Å². The van der Waals surface area contributed by atoms with E-state index in [-0.39, 0.29) is 27.6 Å². The molecular weight excluding hydrogens is 275 g/mol. The van der Waals surface area contributed by atoms with E-state index in [1.807, 2.05) is 0 Å². The van der Waals surface area contributed by atoms with E-state index in [2.05, 4.69) is 4.99 Å². The molecule has 0 bridgehead atoms. The van der Waals surface area contributed by atoms with Gasteiger partial charge in [-0.25, -0.2) is 18.2 Å². The second-order valence-corrected chi connectivity index (χ2v) is 6.13. The molecule has 0 radical (unpaired) electrons. The van der Waals surface area contributed by atoms with Gasteiger partial charge in [-0.2, -0.15) is 0 Å². The fourth-order valence-corrected chi connectivity index (χ4v) is 3.87. The van der Waals surface area contributed by atoms with Crippen molar-refractivity contribution in [2.24, 2.45) is 16.6 Å². The zero-order valence-electron chi connectivity index (χ0n) is 9.87. The van der Waals surface area contributed by atoms with Crippen molar-refractivity contribution >= 4 is 22.6 Å². The highest BCUT2D eigenvalue weighted by atomic mass is 32.2. The maximum absolute atomic E-state index is 14.0. The zero-order chi connectivity index (χ0) is 13.8. The van der Waals surface area contributed by atoms with Crippen LogP contribution in [0.4, 0.5) is 18.9 Å². The third-order valence-electron chi connectivity index (χ3n) is 3.65. The minimum absolute atomic E-state index is 0.0472. The van der Waals surface area contributed by atoms with Crippen LogP contribution < -0.4 is 11.5 Å². The van der Waals surface area contributed by atoms with Crippen LogP contribution in [0.2, 0.25) is 0 Å². The quantitative estimate of drug-likeness (QED) is 0.819. The van der Waals surface area contributed by atoms with E-state index in [0.717, 1.165) is 6.07 Å². The molecule has 0 unspecified atom stereocenters. The number of fused-ring (bicyclic) bond motifs is 1. The number of alkyl halides is 1. The first-order valence-corrected chi connectivity index (χ1v) is 6.69. The molecule has 1 heterocycles. The summed E-state index contributed by atoms with van der Waals surface area (Å²) in [5.74, 6) is -2.35. The largest absolute Gasteiger partial charge is 0.399 e. The number of amidine groups is 1. The lowest BCUT2D eigenvalue weighted by Crippen LogP contribution is -2.37. The molecule has 2 aliphatic rings. The SMILES string of the molecule is NC1=N[C@](CF)(c2cc(N)cc(F)c2F)[C@H]2C[C@H]2S1. The van der Waals surface area contributed by atoms with Crippen LogP contribution in [0.3, 0.4) is 0 Å². The van der Waals surface area contributed by atoms with Gasteiger partial charge >= 0.3 is 0 Å². The van der Waals surface area contributed by atoms with Crippen LogP contribution in [0, 0.1) is 17.6 Å². The Bertz CT molecular complexity index is 578. The molecule has 0 spiro atoms. The number of benzene rings is 1. The molecule has 3 nitrogen and oxygen atoms in total. The molecule has 0 aromatic heterocycles. The van der Waals surface area contributed by atoms with E-state index in [1.54, 1.807) is 0 Å². The first kappa shape index (κ1) is 12.7. The summed E-state index contributed by atoms with van der Waals surface area (Å²) in [4.78, 5) is 4.09. The molecule has 3 rings (SSSR count). The number of anilines is 1. The van der Waals surface area contributed by atoms with Crippen LogP contribution >= 0.6 is 11.8 Å². The molecule has 1 fully saturated rings. The van der Waals surface area contributed by atoms with Gasteiger partial charge in [-0.3, -0.25) is 0 Å². The Balaban J connectivity index is 2.20. The molecule has 3 atom stereocenters. The monoisotopic (exact) mass is 287 g/mol. The highest BCUT2D eigenvalue weighted by molar-refractivity contribution is 8.14. The van der Waals surface area contributed by atoms with E-state index in [0.29, 0.717) is 6.42 Å². The Morgan fingerprint density at radius 2 is 2.11 bits per heavy atom. The van der Waals surface area contributed by atoms with Gasteiger partial charge < -0.3 is 11.5 Å². The molecule has 19 heavy (non-hydrogen) atoms. The number of aliphatic imine (C=N–C) groups is 1. The number of nitrogen functional groups attached to an aromatic ring is 1. The maximum atomic E-state index is 14.0. The van der Waals surface area contributed by atoms with Crippen LogP contribution in [0.25, 0.3) is 0 Å². The Kier molecular flexibility index (Phi) is 2.70. The number of nitrogens with two attached hydrogens (primary N) is 2. The summed E-state index contributed by atoms with van der Waals surface area (Å²) in [7, 11) is 0. The Labute approximate surface area is 112 Å². The number of halogens is 3. The van der Waals surface area contributed by atoms with Gasteiger partial charge in [-0.15, -0.1) is 0 Å². The van der Waals surface area contributed by atoms with Crippen LogP contribution in [0.15, 0.2) is 17.1 Å². The van der Waals surface area contributed by atoms with Crippen molar-refractivity contribution in [1.29, 1.82) is 0 Å². The minimum atomic E-state index is -1.43. The lowest BCUT2D eigenvalue weighted by atomic mass is 9.85. The van der Waals surface area contributed by atoms with E-state index in [4.69, 9.17) is 11.5 Å². The summed E-state index contributed by atoms with van der Waals surface area (Å²) in [6.45, 7) is -0.921. The molecular formula is C12H12F3N3S. The first-order chi connectivity index (χ1) is 8.98. The van der Waals surface area contributed by atoms with Gasteiger partial charge in [0.25, 0.3) is 0 Å². The van der Waals surface area contributed by atoms with Crippen LogP contribution in [0.1, 0.15) is 12.0 Å². The molecule has 1 saturated carbocycles. The molecule has 1 aromatic rings. The first-order valence-electron chi connectivity index (χ1n) is 5.81. The predicted molar refractivity (Wildman–Crippen MR) is 69.5 cm³/mol. The van der Waals surface area contributed by atoms with E-state index < -0.39 is 23.8 Å². The average molecular weight is 287 g/mol. The predicted octanol–water partition coefficient (Wildman–Crippen LogP) is 2.16. The Hall–Kier alpha value is -1.37. The lowest BCUT2D eigenvalue weighted by Gasteiger charge is -2.31. The Morgan fingerprint density at radius 1 is 1.37 bits per heavy atom. The van der Waals surface area contributed by atoms with E-state index in [9.17, 15) is 13.2 Å². The smallest absolute Gasteiger partial charge is 0.164 e. The highest BCUT2D eigenvalue weighted by Crippen LogP contribution is 2.58. The van der Waals surface area contributed by atoms with Crippen LogP contribution in [-0.4, -0.2) is 17.1 Å². The fourth-order valence-electron chi connectivity index (χ4n) is 2.65. The molecule has 0 saturated heterocycles. The van der Waals surface area contributed by atoms with Gasteiger partial charge in [0.05, 0.1) is 0 Å². The maximum Gasteiger partial charge on any atom is 0.164 e. The minimum Gasteiger partial charge on any atom is -0.399 e. The highest BCUT2D eigenvalue weighted by Gasteiger charge is 2.58. The van der Waals surface area contributed by atoms with Crippen molar-refractivity contribution in [3.63, 3.8) is 0 Å².